The van der Waals surface area contributed by atoms with E-state index in [9.17, 15) is 25.2 Å². The molecule has 0 spiro atoms. The molecule has 0 rings (SSSR count). The number of allylic oxidation sites excluding steroid dienone is 6. The Kier molecular flexibility index (Phi) is 43.5. The molecule has 56 heavy (non-hydrogen) atoms. The number of amides is 1. The minimum atomic E-state index is -1.28. The predicted molar refractivity (Wildman–Crippen MR) is 242 cm³/mol. The van der Waals surface area contributed by atoms with E-state index in [-0.39, 0.29) is 0 Å². The first-order chi connectivity index (χ1) is 27.5. The second-order valence-corrected chi connectivity index (χ2v) is 16.8. The monoisotopic (exact) mass is 790 g/mol. The molecule has 1 amide bonds. The quantitative estimate of drug-likeness (QED) is 0.0312. The van der Waals surface area contributed by atoms with Gasteiger partial charge in [0, 0.05) is 0 Å². The lowest BCUT2D eigenvalue weighted by Gasteiger charge is -2.27. The van der Waals surface area contributed by atoms with Crippen LogP contribution in [0.3, 0.4) is 0 Å². The van der Waals surface area contributed by atoms with Gasteiger partial charge in [0.1, 0.15) is 12.2 Å². The summed E-state index contributed by atoms with van der Waals surface area (Å²) in [6, 6.07) is -1.00. The maximum absolute atomic E-state index is 12.5. The molecule has 0 saturated heterocycles. The third-order valence-electron chi connectivity index (χ3n) is 11.3. The highest BCUT2D eigenvalue weighted by molar-refractivity contribution is 5.80. The number of aliphatic hydroxyl groups is 4. The topological polar surface area (TPSA) is 110 Å². The van der Waals surface area contributed by atoms with Crippen LogP contribution in [0.4, 0.5) is 0 Å². The van der Waals surface area contributed by atoms with Crippen molar-refractivity contribution in [1.29, 1.82) is 0 Å². The molecule has 0 aliphatic heterocycles. The third kappa shape index (κ3) is 38.1. The normalized spacial score (nSPS) is 14.3. The average Bonchev–Trinajstić information content (AvgIpc) is 3.20. The highest BCUT2D eigenvalue weighted by Crippen LogP contribution is 2.16. The molecule has 0 aromatic carbocycles. The molecule has 6 nitrogen and oxygen atoms in total. The zero-order chi connectivity index (χ0) is 41.0. The number of hydrogen-bond donors (Lipinski definition) is 5. The summed E-state index contributed by atoms with van der Waals surface area (Å²) in [4.78, 5) is 12.5. The van der Waals surface area contributed by atoms with Gasteiger partial charge >= 0.3 is 0 Å². The molecule has 0 radical (unpaired) electrons. The van der Waals surface area contributed by atoms with Crippen LogP contribution < -0.4 is 5.32 Å². The Labute approximate surface area is 347 Å². The highest BCUT2D eigenvalue weighted by Gasteiger charge is 2.28. The van der Waals surface area contributed by atoms with Gasteiger partial charge in [-0.05, 0) is 64.2 Å². The summed E-state index contributed by atoms with van der Waals surface area (Å²) < 4.78 is 0. The van der Waals surface area contributed by atoms with Gasteiger partial charge < -0.3 is 25.7 Å². The van der Waals surface area contributed by atoms with Crippen molar-refractivity contribution in [2.75, 3.05) is 6.61 Å². The van der Waals surface area contributed by atoms with E-state index in [1.165, 1.54) is 167 Å². The first kappa shape index (κ1) is 54.5. The minimum Gasteiger partial charge on any atom is -0.394 e. The molecule has 0 aliphatic rings. The van der Waals surface area contributed by atoms with Crippen LogP contribution in [0, 0.1) is 0 Å². The van der Waals surface area contributed by atoms with Gasteiger partial charge in [0.05, 0.1) is 18.8 Å². The van der Waals surface area contributed by atoms with Crippen molar-refractivity contribution in [3.63, 3.8) is 0 Å². The molecule has 5 N–H and O–H groups in total. The van der Waals surface area contributed by atoms with E-state index in [1.807, 2.05) is 0 Å². The summed E-state index contributed by atoms with van der Waals surface area (Å²) in [5.41, 5.74) is 0. The van der Waals surface area contributed by atoms with Crippen molar-refractivity contribution in [2.24, 2.45) is 0 Å². The van der Waals surface area contributed by atoms with Crippen molar-refractivity contribution in [3.05, 3.63) is 36.5 Å². The Hall–Kier alpha value is -1.47. The summed E-state index contributed by atoms with van der Waals surface area (Å²) in [7, 11) is 0. The number of nitrogens with one attached hydrogen (secondary N) is 1. The van der Waals surface area contributed by atoms with E-state index in [0.29, 0.717) is 12.8 Å². The summed E-state index contributed by atoms with van der Waals surface area (Å²) in [6.07, 6.45) is 53.3. The van der Waals surface area contributed by atoms with E-state index >= 15 is 0 Å². The second kappa shape index (κ2) is 44.6. The van der Waals surface area contributed by atoms with Gasteiger partial charge in [-0.1, -0.05) is 217 Å². The van der Waals surface area contributed by atoms with Crippen molar-refractivity contribution < 1.29 is 25.2 Å². The lowest BCUT2D eigenvalue weighted by Crippen LogP contribution is -2.53. The standard InChI is InChI=1S/C50H95NO5/c1-3-5-7-9-11-13-15-17-19-21-23-25-27-29-31-33-35-37-39-41-43-47(53)49(55)46(45-52)51-50(56)48(54)44-42-40-38-36-34-32-30-28-26-24-22-20-18-16-14-12-10-8-6-4-2/h6,8,12,14,35,37,46-49,52-55H,3-5,7,9-11,13,15-34,36,38-45H2,1-2H3,(H,51,56)/b8-6-,14-12-,37-35+. The summed E-state index contributed by atoms with van der Waals surface area (Å²) >= 11 is 0. The van der Waals surface area contributed by atoms with Gasteiger partial charge in [-0.15, -0.1) is 0 Å². The molecule has 0 aromatic heterocycles. The molecular formula is C50H95NO5. The average molecular weight is 790 g/mol. The maximum atomic E-state index is 12.5. The largest absolute Gasteiger partial charge is 0.394 e. The van der Waals surface area contributed by atoms with Crippen LogP contribution in [0.2, 0.25) is 0 Å². The molecule has 0 aliphatic carbocycles. The van der Waals surface area contributed by atoms with Crippen molar-refractivity contribution >= 4 is 5.91 Å². The Bertz CT molecular complexity index is 889. The first-order valence-electron chi connectivity index (χ1n) is 24.4. The number of carbonyl (C=O) groups excluding carboxylic acids is 1. The van der Waals surface area contributed by atoms with Crippen LogP contribution in [0.1, 0.15) is 245 Å². The molecule has 0 aromatic rings. The van der Waals surface area contributed by atoms with Crippen molar-refractivity contribution in [1.82, 2.24) is 5.32 Å². The molecular weight excluding hydrogens is 695 g/mol. The summed E-state index contributed by atoms with van der Waals surface area (Å²) in [5, 5.41) is 43.8. The molecule has 6 heteroatoms. The number of rotatable bonds is 44. The molecule has 4 unspecified atom stereocenters. The highest BCUT2D eigenvalue weighted by atomic mass is 16.3. The minimum absolute atomic E-state index is 0.362. The smallest absolute Gasteiger partial charge is 0.249 e. The fourth-order valence-corrected chi connectivity index (χ4v) is 7.50. The van der Waals surface area contributed by atoms with Gasteiger partial charge in [0.2, 0.25) is 5.91 Å². The van der Waals surface area contributed by atoms with Gasteiger partial charge in [0.25, 0.3) is 0 Å². The maximum Gasteiger partial charge on any atom is 0.249 e. The number of hydrogen-bond acceptors (Lipinski definition) is 5. The van der Waals surface area contributed by atoms with Crippen LogP contribution in [0.5, 0.6) is 0 Å². The van der Waals surface area contributed by atoms with Gasteiger partial charge in [-0.2, -0.15) is 0 Å². The van der Waals surface area contributed by atoms with E-state index in [1.54, 1.807) is 0 Å². The molecule has 0 fully saturated rings. The fourth-order valence-electron chi connectivity index (χ4n) is 7.50. The summed E-state index contributed by atoms with van der Waals surface area (Å²) in [6.45, 7) is 3.95. The Morgan fingerprint density at radius 2 is 0.839 bits per heavy atom. The van der Waals surface area contributed by atoms with Gasteiger partial charge in [0.15, 0.2) is 0 Å². The first-order valence-corrected chi connectivity index (χ1v) is 24.4. The zero-order valence-electron chi connectivity index (χ0n) is 37.1. The molecule has 330 valence electrons. The lowest BCUT2D eigenvalue weighted by molar-refractivity contribution is -0.132. The molecule has 0 heterocycles. The molecule has 4 atom stereocenters. The van der Waals surface area contributed by atoms with E-state index in [0.717, 1.165) is 51.4 Å². The van der Waals surface area contributed by atoms with Crippen LogP contribution in [-0.2, 0) is 4.79 Å². The van der Waals surface area contributed by atoms with Gasteiger partial charge in [-0.3, -0.25) is 4.79 Å². The second-order valence-electron chi connectivity index (χ2n) is 16.8. The van der Waals surface area contributed by atoms with Crippen LogP contribution >= 0.6 is 0 Å². The van der Waals surface area contributed by atoms with E-state index in [2.05, 4.69) is 55.6 Å². The SMILES string of the molecule is CC/C=C\C/C=C\CCCCCCCCCCCCCCCC(O)C(=O)NC(CO)C(O)C(O)CCC/C=C/CCCCCCCCCCCCCCCCC. The van der Waals surface area contributed by atoms with E-state index < -0.39 is 36.9 Å². The zero-order valence-corrected chi connectivity index (χ0v) is 37.1. The Morgan fingerprint density at radius 3 is 1.27 bits per heavy atom. The molecule has 0 bridgehead atoms. The lowest BCUT2D eigenvalue weighted by atomic mass is 10.00. The number of aliphatic hydroxyl groups excluding tert-OH is 4. The molecule has 0 saturated carbocycles. The van der Waals surface area contributed by atoms with Crippen LogP contribution in [0.15, 0.2) is 36.5 Å². The predicted octanol–water partition coefficient (Wildman–Crippen LogP) is 13.3. The van der Waals surface area contributed by atoms with Crippen molar-refractivity contribution in [2.45, 2.75) is 269 Å². The number of carbonyl (C=O) groups is 1. The third-order valence-corrected chi connectivity index (χ3v) is 11.3. The van der Waals surface area contributed by atoms with E-state index in [4.69, 9.17) is 0 Å². The fraction of sp³-hybridized carbons (Fsp3) is 0.860. The van der Waals surface area contributed by atoms with Crippen LogP contribution in [-0.4, -0.2) is 57.3 Å². The van der Waals surface area contributed by atoms with Crippen molar-refractivity contribution in [3.8, 4) is 0 Å². The Balaban J connectivity index is 3.72. The van der Waals surface area contributed by atoms with Gasteiger partial charge in [-0.25, -0.2) is 0 Å². The van der Waals surface area contributed by atoms with Crippen LogP contribution in [0.25, 0.3) is 0 Å². The number of unbranched alkanes of at least 4 members (excludes halogenated alkanes) is 29. The Morgan fingerprint density at radius 1 is 0.464 bits per heavy atom. The summed E-state index contributed by atoms with van der Waals surface area (Å²) in [5.74, 6) is -0.593.